The van der Waals surface area contributed by atoms with E-state index in [0.717, 1.165) is 0 Å². The van der Waals surface area contributed by atoms with E-state index in [1.54, 1.807) is 0 Å². The Labute approximate surface area is 193 Å². The molecule has 31 heavy (non-hydrogen) atoms. The molecule has 0 fully saturated rings. The fourth-order valence-electron chi connectivity index (χ4n) is 4.59. The summed E-state index contributed by atoms with van der Waals surface area (Å²) in [5, 5.41) is 2.83. The predicted octanol–water partition coefficient (Wildman–Crippen LogP) is 10.6. The first kappa shape index (κ1) is 25.7. The first-order valence-electron chi connectivity index (χ1n) is 13.5. The smallest absolute Gasteiger partial charge is 0.0152 e. The molecule has 0 bridgehead atoms. The number of rotatable bonds is 19. The topological polar surface area (TPSA) is 0 Å². The Bertz CT molecular complexity index is 691. The predicted molar refractivity (Wildman–Crippen MR) is 141 cm³/mol. The van der Waals surface area contributed by atoms with Crippen molar-refractivity contribution in [2.45, 2.75) is 122 Å². The molecule has 0 nitrogen and oxygen atoms in total. The zero-order valence-electron chi connectivity index (χ0n) is 20.4. The molecule has 0 aromatic heterocycles. The van der Waals surface area contributed by atoms with Crippen molar-refractivity contribution < 1.29 is 0 Å². The van der Waals surface area contributed by atoms with E-state index in [-0.39, 0.29) is 0 Å². The van der Waals surface area contributed by atoms with Crippen molar-refractivity contribution in [3.8, 4) is 0 Å². The van der Waals surface area contributed by atoms with Gasteiger partial charge in [0.1, 0.15) is 0 Å². The van der Waals surface area contributed by atoms with Gasteiger partial charge in [-0.3, -0.25) is 0 Å². The minimum atomic E-state index is 1.23. The molecule has 0 saturated heterocycles. The molecule has 0 saturated carbocycles. The van der Waals surface area contributed by atoms with E-state index in [1.165, 1.54) is 132 Å². The van der Waals surface area contributed by atoms with Gasteiger partial charge in [-0.25, -0.2) is 0 Å². The van der Waals surface area contributed by atoms with Crippen LogP contribution in [0, 0.1) is 0 Å². The standard InChI is InChI=1S/C31H48/c1-2-3-4-5-6-7-8-9-10-11-12-13-14-15-16-17-18-19-20-24-29-26-23-27-30-25-21-22-28-31(29)30/h5-6,21-23,25-28H,2-4,7-20,24H2,1H3/b6-5+. The summed E-state index contributed by atoms with van der Waals surface area (Å²) in [6, 6.07) is 15.6. The molecule has 2 aromatic carbocycles. The largest absolute Gasteiger partial charge is 0.0885 e. The summed E-state index contributed by atoms with van der Waals surface area (Å²) in [7, 11) is 0. The van der Waals surface area contributed by atoms with Crippen molar-refractivity contribution in [2.75, 3.05) is 0 Å². The highest BCUT2D eigenvalue weighted by atomic mass is 14.1. The van der Waals surface area contributed by atoms with E-state index in [0.29, 0.717) is 0 Å². The molecule has 0 atom stereocenters. The normalized spacial score (nSPS) is 11.6. The molecular formula is C31H48. The van der Waals surface area contributed by atoms with Gasteiger partial charge in [0, 0.05) is 0 Å². The van der Waals surface area contributed by atoms with Crippen molar-refractivity contribution in [1.29, 1.82) is 0 Å². The molecule has 0 aliphatic carbocycles. The maximum Gasteiger partial charge on any atom is -0.0152 e. The first-order valence-corrected chi connectivity index (χ1v) is 13.5. The van der Waals surface area contributed by atoms with E-state index >= 15 is 0 Å². The number of fused-ring (bicyclic) bond motifs is 1. The Morgan fingerprint density at radius 3 is 1.68 bits per heavy atom. The molecule has 0 aliphatic heterocycles. The Hall–Kier alpha value is -1.56. The number of benzene rings is 2. The molecule has 2 rings (SSSR count). The van der Waals surface area contributed by atoms with Crippen LogP contribution < -0.4 is 0 Å². The number of unbranched alkanes of at least 4 members (excludes halogenated alkanes) is 15. The van der Waals surface area contributed by atoms with Crippen LogP contribution >= 0.6 is 0 Å². The summed E-state index contributed by atoms with van der Waals surface area (Å²) < 4.78 is 0. The zero-order valence-corrected chi connectivity index (χ0v) is 20.4. The summed E-state index contributed by atoms with van der Waals surface area (Å²) >= 11 is 0. The second kappa shape index (κ2) is 18.1. The Morgan fingerprint density at radius 2 is 1.03 bits per heavy atom. The van der Waals surface area contributed by atoms with Crippen molar-refractivity contribution in [1.82, 2.24) is 0 Å². The van der Waals surface area contributed by atoms with Crippen LogP contribution in [0.25, 0.3) is 10.8 Å². The lowest BCUT2D eigenvalue weighted by molar-refractivity contribution is 0.537. The van der Waals surface area contributed by atoms with Crippen LogP contribution in [0.1, 0.15) is 122 Å². The molecule has 0 aliphatic rings. The second-order valence-electron chi connectivity index (χ2n) is 9.39. The molecule has 0 spiro atoms. The van der Waals surface area contributed by atoms with Crippen LogP contribution in [0.2, 0.25) is 0 Å². The van der Waals surface area contributed by atoms with Gasteiger partial charge in [0.25, 0.3) is 0 Å². The Morgan fingerprint density at radius 1 is 0.516 bits per heavy atom. The number of allylic oxidation sites excluding steroid dienone is 2. The van der Waals surface area contributed by atoms with Crippen molar-refractivity contribution in [2.24, 2.45) is 0 Å². The third kappa shape index (κ3) is 12.2. The van der Waals surface area contributed by atoms with Gasteiger partial charge in [0.15, 0.2) is 0 Å². The average Bonchev–Trinajstić information content (AvgIpc) is 2.80. The van der Waals surface area contributed by atoms with E-state index < -0.39 is 0 Å². The minimum absolute atomic E-state index is 1.23. The maximum atomic E-state index is 2.40. The van der Waals surface area contributed by atoms with Gasteiger partial charge in [-0.15, -0.1) is 0 Å². The molecule has 0 heterocycles. The Balaban J connectivity index is 1.33. The van der Waals surface area contributed by atoms with Gasteiger partial charge >= 0.3 is 0 Å². The van der Waals surface area contributed by atoms with Crippen LogP contribution in [0.3, 0.4) is 0 Å². The minimum Gasteiger partial charge on any atom is -0.0885 e. The summed E-state index contributed by atoms with van der Waals surface area (Å²) in [4.78, 5) is 0. The van der Waals surface area contributed by atoms with Crippen LogP contribution in [-0.2, 0) is 6.42 Å². The molecule has 0 amide bonds. The van der Waals surface area contributed by atoms with E-state index in [9.17, 15) is 0 Å². The second-order valence-corrected chi connectivity index (χ2v) is 9.39. The molecule has 0 radical (unpaired) electrons. The SMILES string of the molecule is CCCC/C=C/CCCCCCCCCCCCCCCc1cccc2ccccc12. The van der Waals surface area contributed by atoms with Gasteiger partial charge in [-0.2, -0.15) is 0 Å². The van der Waals surface area contributed by atoms with Gasteiger partial charge in [0.05, 0.1) is 0 Å². The zero-order chi connectivity index (χ0) is 21.8. The van der Waals surface area contributed by atoms with Crippen molar-refractivity contribution in [3.63, 3.8) is 0 Å². The highest BCUT2D eigenvalue weighted by Crippen LogP contribution is 2.21. The number of hydrogen-bond acceptors (Lipinski definition) is 0. The summed E-state index contributed by atoms with van der Waals surface area (Å²) in [5.74, 6) is 0. The van der Waals surface area contributed by atoms with E-state index in [1.807, 2.05) is 0 Å². The highest BCUT2D eigenvalue weighted by Gasteiger charge is 2.00. The lowest BCUT2D eigenvalue weighted by Gasteiger charge is -2.07. The van der Waals surface area contributed by atoms with Crippen LogP contribution in [0.15, 0.2) is 54.6 Å². The molecule has 2 aromatic rings. The molecule has 0 heteroatoms. The lowest BCUT2D eigenvalue weighted by atomic mass is 9.99. The summed E-state index contributed by atoms with van der Waals surface area (Å²) in [6.45, 7) is 2.27. The van der Waals surface area contributed by atoms with Crippen LogP contribution in [0.5, 0.6) is 0 Å². The first-order chi connectivity index (χ1) is 15.4. The fraction of sp³-hybridized carbons (Fsp3) is 0.613. The quantitative estimate of drug-likeness (QED) is 0.156. The van der Waals surface area contributed by atoms with Crippen LogP contribution in [0.4, 0.5) is 0 Å². The monoisotopic (exact) mass is 420 g/mol. The maximum absolute atomic E-state index is 2.40. The third-order valence-electron chi connectivity index (χ3n) is 6.59. The summed E-state index contributed by atoms with van der Waals surface area (Å²) in [6.07, 6.45) is 29.8. The molecular weight excluding hydrogens is 372 g/mol. The van der Waals surface area contributed by atoms with Gasteiger partial charge in [-0.05, 0) is 48.4 Å². The average molecular weight is 421 g/mol. The lowest BCUT2D eigenvalue weighted by Crippen LogP contribution is -1.88. The molecule has 0 unspecified atom stereocenters. The van der Waals surface area contributed by atoms with E-state index in [2.05, 4.69) is 61.5 Å². The van der Waals surface area contributed by atoms with Crippen LogP contribution in [-0.4, -0.2) is 0 Å². The molecule has 0 N–H and O–H groups in total. The van der Waals surface area contributed by atoms with E-state index in [4.69, 9.17) is 0 Å². The third-order valence-corrected chi connectivity index (χ3v) is 6.59. The van der Waals surface area contributed by atoms with Crippen molar-refractivity contribution in [3.05, 3.63) is 60.2 Å². The fourth-order valence-corrected chi connectivity index (χ4v) is 4.59. The Kier molecular flexibility index (Phi) is 15.0. The number of aryl methyl sites for hydroxylation is 1. The highest BCUT2D eigenvalue weighted by molar-refractivity contribution is 5.85. The molecule has 172 valence electrons. The van der Waals surface area contributed by atoms with Gasteiger partial charge < -0.3 is 0 Å². The summed E-state index contributed by atoms with van der Waals surface area (Å²) in [5.41, 5.74) is 1.53. The van der Waals surface area contributed by atoms with Gasteiger partial charge in [0.2, 0.25) is 0 Å². The number of hydrogen-bond donors (Lipinski definition) is 0. The van der Waals surface area contributed by atoms with Crippen molar-refractivity contribution >= 4 is 10.8 Å². The van der Waals surface area contributed by atoms with Gasteiger partial charge in [-0.1, -0.05) is 145 Å².